The number of nitrogens with zero attached hydrogens (tertiary/aromatic N) is 1. The SMILES string of the molecule is CC(C(=O)O)c1ccc(-c2ccccc2)cn1. The zero-order chi connectivity index (χ0) is 12.3. The van der Waals surface area contributed by atoms with Gasteiger partial charge in [-0.15, -0.1) is 0 Å². The third kappa shape index (κ3) is 2.50. The van der Waals surface area contributed by atoms with Crippen molar-refractivity contribution in [2.75, 3.05) is 0 Å². The van der Waals surface area contributed by atoms with Crippen LogP contribution in [0.15, 0.2) is 48.7 Å². The zero-order valence-corrected chi connectivity index (χ0v) is 9.50. The minimum atomic E-state index is -0.857. The molecule has 1 aromatic heterocycles. The Hall–Kier alpha value is -2.16. The number of rotatable bonds is 3. The van der Waals surface area contributed by atoms with Gasteiger partial charge in [-0.05, 0) is 18.6 Å². The second kappa shape index (κ2) is 4.78. The molecule has 86 valence electrons. The Balaban J connectivity index is 2.28. The Morgan fingerprint density at radius 2 is 1.82 bits per heavy atom. The van der Waals surface area contributed by atoms with Crippen molar-refractivity contribution in [3.05, 3.63) is 54.4 Å². The van der Waals surface area contributed by atoms with Crippen LogP contribution in [0.3, 0.4) is 0 Å². The third-order valence-electron chi connectivity index (χ3n) is 2.71. The van der Waals surface area contributed by atoms with Gasteiger partial charge in [-0.2, -0.15) is 0 Å². The van der Waals surface area contributed by atoms with Crippen LogP contribution in [0.2, 0.25) is 0 Å². The summed E-state index contributed by atoms with van der Waals surface area (Å²) in [4.78, 5) is 15.0. The van der Waals surface area contributed by atoms with Gasteiger partial charge < -0.3 is 5.11 Å². The minimum absolute atomic E-state index is 0.570. The molecule has 0 aliphatic heterocycles. The average Bonchev–Trinajstić information content (AvgIpc) is 2.39. The first-order valence-electron chi connectivity index (χ1n) is 5.42. The number of carboxylic acid groups (broad SMARTS) is 1. The van der Waals surface area contributed by atoms with Crippen molar-refractivity contribution < 1.29 is 9.90 Å². The maximum absolute atomic E-state index is 10.8. The fourth-order valence-corrected chi connectivity index (χ4v) is 1.59. The van der Waals surface area contributed by atoms with E-state index in [9.17, 15) is 4.79 Å². The summed E-state index contributed by atoms with van der Waals surface area (Å²) in [6.45, 7) is 1.63. The van der Waals surface area contributed by atoms with Gasteiger partial charge in [-0.25, -0.2) is 0 Å². The highest BCUT2D eigenvalue weighted by Crippen LogP contribution is 2.20. The number of pyridine rings is 1. The first-order chi connectivity index (χ1) is 8.18. The Morgan fingerprint density at radius 3 is 2.35 bits per heavy atom. The van der Waals surface area contributed by atoms with Crippen molar-refractivity contribution in [3.63, 3.8) is 0 Å². The molecule has 1 atom stereocenters. The van der Waals surface area contributed by atoms with Crippen LogP contribution in [0, 0.1) is 0 Å². The fourth-order valence-electron chi connectivity index (χ4n) is 1.59. The highest BCUT2D eigenvalue weighted by atomic mass is 16.4. The number of aromatic nitrogens is 1. The number of carboxylic acids is 1. The fraction of sp³-hybridized carbons (Fsp3) is 0.143. The molecule has 0 saturated heterocycles. The monoisotopic (exact) mass is 227 g/mol. The van der Waals surface area contributed by atoms with Gasteiger partial charge in [-0.3, -0.25) is 9.78 Å². The van der Waals surface area contributed by atoms with Crippen LogP contribution in [-0.4, -0.2) is 16.1 Å². The molecule has 2 aromatic rings. The van der Waals surface area contributed by atoms with Crippen molar-refractivity contribution in [3.8, 4) is 11.1 Å². The third-order valence-corrected chi connectivity index (χ3v) is 2.71. The second-order valence-electron chi connectivity index (χ2n) is 3.90. The van der Waals surface area contributed by atoms with E-state index in [1.165, 1.54) is 0 Å². The highest BCUT2D eigenvalue weighted by Gasteiger charge is 2.14. The zero-order valence-electron chi connectivity index (χ0n) is 9.50. The highest BCUT2D eigenvalue weighted by molar-refractivity contribution is 5.75. The summed E-state index contributed by atoms with van der Waals surface area (Å²) in [5.41, 5.74) is 2.65. The van der Waals surface area contributed by atoms with Crippen molar-refractivity contribution in [1.82, 2.24) is 4.98 Å². The minimum Gasteiger partial charge on any atom is -0.481 e. The van der Waals surface area contributed by atoms with E-state index in [4.69, 9.17) is 5.11 Å². The van der Waals surface area contributed by atoms with E-state index >= 15 is 0 Å². The summed E-state index contributed by atoms with van der Waals surface area (Å²) < 4.78 is 0. The van der Waals surface area contributed by atoms with Gasteiger partial charge in [-0.1, -0.05) is 36.4 Å². The van der Waals surface area contributed by atoms with E-state index in [0.29, 0.717) is 5.69 Å². The van der Waals surface area contributed by atoms with E-state index in [-0.39, 0.29) is 0 Å². The molecule has 0 saturated carbocycles. The molecule has 17 heavy (non-hydrogen) atoms. The molecule has 0 fully saturated rings. The van der Waals surface area contributed by atoms with Gasteiger partial charge >= 0.3 is 5.97 Å². The number of carbonyl (C=O) groups is 1. The van der Waals surface area contributed by atoms with Crippen LogP contribution in [0.25, 0.3) is 11.1 Å². The first-order valence-corrected chi connectivity index (χ1v) is 5.42. The summed E-state index contributed by atoms with van der Waals surface area (Å²) in [7, 11) is 0. The number of hydrogen-bond donors (Lipinski definition) is 1. The summed E-state index contributed by atoms with van der Waals surface area (Å²) in [6.07, 6.45) is 1.71. The van der Waals surface area contributed by atoms with Crippen LogP contribution in [0.1, 0.15) is 18.5 Å². The molecule has 1 unspecified atom stereocenters. The number of aliphatic carboxylic acids is 1. The average molecular weight is 227 g/mol. The topological polar surface area (TPSA) is 50.2 Å². The van der Waals surface area contributed by atoms with Crippen LogP contribution < -0.4 is 0 Å². The number of benzene rings is 1. The molecule has 0 amide bonds. The summed E-state index contributed by atoms with van der Waals surface area (Å²) in [5, 5.41) is 8.88. The molecule has 0 bridgehead atoms. The van der Waals surface area contributed by atoms with E-state index < -0.39 is 11.9 Å². The molecule has 0 radical (unpaired) electrons. The molecule has 1 aromatic carbocycles. The van der Waals surface area contributed by atoms with Crippen molar-refractivity contribution in [1.29, 1.82) is 0 Å². The van der Waals surface area contributed by atoms with Crippen LogP contribution in [-0.2, 0) is 4.79 Å². The Bertz CT molecular complexity index is 506. The van der Waals surface area contributed by atoms with Crippen LogP contribution in [0.4, 0.5) is 0 Å². The van der Waals surface area contributed by atoms with Crippen LogP contribution in [0.5, 0.6) is 0 Å². The standard InChI is InChI=1S/C14H13NO2/c1-10(14(16)17)13-8-7-12(9-15-13)11-5-3-2-4-6-11/h2-10H,1H3,(H,16,17). The Morgan fingerprint density at radius 1 is 1.12 bits per heavy atom. The van der Waals surface area contributed by atoms with E-state index in [1.54, 1.807) is 19.2 Å². The molecular formula is C14H13NO2. The maximum Gasteiger partial charge on any atom is 0.312 e. The van der Waals surface area contributed by atoms with E-state index in [0.717, 1.165) is 11.1 Å². The number of hydrogen-bond acceptors (Lipinski definition) is 2. The maximum atomic E-state index is 10.8. The Labute approximate surface area is 99.8 Å². The Kier molecular flexibility index (Phi) is 3.19. The summed E-state index contributed by atoms with van der Waals surface area (Å²) in [5.74, 6) is -1.43. The molecule has 2 rings (SSSR count). The van der Waals surface area contributed by atoms with E-state index in [1.807, 2.05) is 36.4 Å². The lowest BCUT2D eigenvalue weighted by Gasteiger charge is -2.06. The van der Waals surface area contributed by atoms with Crippen molar-refractivity contribution >= 4 is 5.97 Å². The molecular weight excluding hydrogens is 214 g/mol. The molecule has 3 nitrogen and oxygen atoms in total. The molecule has 3 heteroatoms. The van der Waals surface area contributed by atoms with Crippen molar-refractivity contribution in [2.24, 2.45) is 0 Å². The quantitative estimate of drug-likeness (QED) is 0.877. The smallest absolute Gasteiger partial charge is 0.312 e. The van der Waals surface area contributed by atoms with Gasteiger partial charge in [0.25, 0.3) is 0 Å². The van der Waals surface area contributed by atoms with Crippen LogP contribution >= 0.6 is 0 Å². The molecule has 0 aliphatic rings. The molecule has 1 N–H and O–H groups in total. The van der Waals surface area contributed by atoms with Gasteiger partial charge in [0, 0.05) is 11.8 Å². The predicted molar refractivity (Wildman–Crippen MR) is 65.7 cm³/mol. The lowest BCUT2D eigenvalue weighted by atomic mass is 10.0. The van der Waals surface area contributed by atoms with Gasteiger partial charge in [0.2, 0.25) is 0 Å². The van der Waals surface area contributed by atoms with Gasteiger partial charge in [0.1, 0.15) is 0 Å². The second-order valence-corrected chi connectivity index (χ2v) is 3.90. The lowest BCUT2D eigenvalue weighted by molar-refractivity contribution is -0.138. The molecule has 0 aliphatic carbocycles. The normalized spacial score (nSPS) is 12.1. The molecule has 0 spiro atoms. The van der Waals surface area contributed by atoms with Gasteiger partial charge in [0.15, 0.2) is 0 Å². The lowest BCUT2D eigenvalue weighted by Crippen LogP contribution is -2.08. The molecule has 1 heterocycles. The predicted octanol–water partition coefficient (Wildman–Crippen LogP) is 2.94. The summed E-state index contributed by atoms with van der Waals surface area (Å²) >= 11 is 0. The first kappa shape index (κ1) is 11.3. The van der Waals surface area contributed by atoms with Gasteiger partial charge in [0.05, 0.1) is 11.6 Å². The van der Waals surface area contributed by atoms with Crippen molar-refractivity contribution in [2.45, 2.75) is 12.8 Å². The summed E-state index contributed by atoms with van der Waals surface area (Å²) in [6, 6.07) is 13.5. The van der Waals surface area contributed by atoms with E-state index in [2.05, 4.69) is 4.98 Å². The largest absolute Gasteiger partial charge is 0.481 e.